The van der Waals surface area contributed by atoms with Gasteiger partial charge in [0.15, 0.2) is 16.8 Å². The summed E-state index contributed by atoms with van der Waals surface area (Å²) in [5.74, 6) is 0.458. The van der Waals surface area contributed by atoms with E-state index >= 15 is 0 Å². The van der Waals surface area contributed by atoms with Crippen LogP contribution >= 0.6 is 23.4 Å². The van der Waals surface area contributed by atoms with Gasteiger partial charge in [0.2, 0.25) is 5.91 Å². The predicted octanol–water partition coefficient (Wildman–Crippen LogP) is 6.55. The number of rotatable bonds is 8. The molecule has 0 spiro atoms. The largest absolute Gasteiger partial charge is 0.326 e. The highest BCUT2D eigenvalue weighted by Gasteiger charge is 2.23. The minimum atomic E-state index is -0.412. The van der Waals surface area contributed by atoms with Gasteiger partial charge in [-0.05, 0) is 55.5 Å². The fraction of sp³-hybridized carbons (Fsp3) is 0.185. The minimum Gasteiger partial charge on any atom is -0.326 e. The number of carbonyl (C=O) groups is 2. The standard InChI is InChI=1S/C27H25ClN4O2S/c1-17(2)26(34)29-22-13-9-19(10-14-22)24(33)18(3)35-27-31-30-25(20-7-5-4-6-8-20)32(27)23-15-11-21(28)12-16-23/h4-18H,1-3H3,(H,29,34)/t18-/m1/s1. The van der Waals surface area contributed by atoms with Crippen LogP contribution in [0.3, 0.4) is 0 Å². The van der Waals surface area contributed by atoms with Crippen LogP contribution in [0.5, 0.6) is 0 Å². The number of Topliss-reactive ketones (excluding diaryl/α,β-unsaturated/α-hetero) is 1. The number of hydrogen-bond donors (Lipinski definition) is 1. The van der Waals surface area contributed by atoms with E-state index in [1.54, 1.807) is 24.3 Å². The Labute approximate surface area is 213 Å². The quantitative estimate of drug-likeness (QED) is 0.217. The molecule has 8 heteroatoms. The Morgan fingerprint density at radius 2 is 1.54 bits per heavy atom. The van der Waals surface area contributed by atoms with Gasteiger partial charge in [0.05, 0.1) is 5.25 Å². The van der Waals surface area contributed by atoms with Gasteiger partial charge in [-0.2, -0.15) is 0 Å². The van der Waals surface area contributed by atoms with Crippen LogP contribution in [0.4, 0.5) is 5.69 Å². The van der Waals surface area contributed by atoms with Crippen LogP contribution in [-0.4, -0.2) is 31.7 Å². The normalized spacial score (nSPS) is 11.9. The summed E-state index contributed by atoms with van der Waals surface area (Å²) in [7, 11) is 0. The zero-order chi connectivity index (χ0) is 24.9. The molecule has 3 aromatic carbocycles. The topological polar surface area (TPSA) is 76.9 Å². The number of ketones is 1. The highest BCUT2D eigenvalue weighted by atomic mass is 35.5. The van der Waals surface area contributed by atoms with E-state index in [0.717, 1.165) is 11.3 Å². The molecule has 178 valence electrons. The molecule has 35 heavy (non-hydrogen) atoms. The highest BCUT2D eigenvalue weighted by molar-refractivity contribution is 8.00. The molecule has 1 amide bonds. The zero-order valence-corrected chi connectivity index (χ0v) is 21.2. The molecular formula is C27H25ClN4O2S. The molecule has 1 aromatic heterocycles. The molecule has 1 heterocycles. The van der Waals surface area contributed by atoms with Crippen LogP contribution in [0.1, 0.15) is 31.1 Å². The molecular weight excluding hydrogens is 480 g/mol. The zero-order valence-electron chi connectivity index (χ0n) is 19.6. The molecule has 0 unspecified atom stereocenters. The number of anilines is 1. The van der Waals surface area contributed by atoms with Crippen molar-refractivity contribution in [2.24, 2.45) is 5.92 Å². The van der Waals surface area contributed by atoms with E-state index < -0.39 is 5.25 Å². The Bertz CT molecular complexity index is 1320. The van der Waals surface area contributed by atoms with Crippen LogP contribution < -0.4 is 5.32 Å². The Balaban J connectivity index is 1.59. The van der Waals surface area contributed by atoms with E-state index in [0.29, 0.717) is 27.3 Å². The van der Waals surface area contributed by atoms with Crippen molar-refractivity contribution in [2.45, 2.75) is 31.2 Å². The SMILES string of the molecule is CC(C)C(=O)Nc1ccc(C(=O)[C@@H](C)Sc2nnc(-c3ccccc3)n2-c2ccc(Cl)cc2)cc1. The third-order valence-electron chi connectivity index (χ3n) is 5.36. The Morgan fingerprint density at radius 1 is 0.886 bits per heavy atom. The molecule has 1 atom stereocenters. The molecule has 1 N–H and O–H groups in total. The fourth-order valence-electron chi connectivity index (χ4n) is 3.39. The van der Waals surface area contributed by atoms with Crippen molar-refractivity contribution in [3.8, 4) is 17.1 Å². The maximum absolute atomic E-state index is 13.2. The van der Waals surface area contributed by atoms with Gasteiger partial charge in [-0.15, -0.1) is 10.2 Å². The molecule has 0 fully saturated rings. The summed E-state index contributed by atoms with van der Waals surface area (Å²) in [5.41, 5.74) is 2.99. The summed E-state index contributed by atoms with van der Waals surface area (Å²) in [6.45, 7) is 5.51. The van der Waals surface area contributed by atoms with Gasteiger partial charge in [-0.3, -0.25) is 14.2 Å². The lowest BCUT2D eigenvalue weighted by molar-refractivity contribution is -0.118. The number of hydrogen-bond acceptors (Lipinski definition) is 5. The molecule has 0 saturated heterocycles. The lowest BCUT2D eigenvalue weighted by Crippen LogP contribution is -2.18. The molecule has 0 saturated carbocycles. The molecule has 0 bridgehead atoms. The number of halogens is 1. The number of nitrogens with zero attached hydrogens (tertiary/aromatic N) is 3. The molecule has 6 nitrogen and oxygen atoms in total. The number of nitrogens with one attached hydrogen (secondary N) is 1. The van der Waals surface area contributed by atoms with Crippen molar-refractivity contribution in [1.29, 1.82) is 0 Å². The van der Waals surface area contributed by atoms with E-state index in [-0.39, 0.29) is 17.6 Å². The number of aromatic nitrogens is 3. The molecule has 0 aliphatic heterocycles. The molecule has 0 aliphatic carbocycles. The smallest absolute Gasteiger partial charge is 0.226 e. The average molecular weight is 505 g/mol. The van der Waals surface area contributed by atoms with Gasteiger partial charge in [0.25, 0.3) is 0 Å². The van der Waals surface area contributed by atoms with Crippen LogP contribution in [0.25, 0.3) is 17.1 Å². The van der Waals surface area contributed by atoms with Crippen LogP contribution in [-0.2, 0) is 4.79 Å². The summed E-state index contributed by atoms with van der Waals surface area (Å²) >= 11 is 7.45. The first-order valence-corrected chi connectivity index (χ1v) is 12.5. The maximum Gasteiger partial charge on any atom is 0.226 e. The predicted molar refractivity (Wildman–Crippen MR) is 141 cm³/mol. The fourth-order valence-corrected chi connectivity index (χ4v) is 4.46. The number of benzene rings is 3. The summed E-state index contributed by atoms with van der Waals surface area (Å²) in [6.07, 6.45) is 0. The van der Waals surface area contributed by atoms with Gasteiger partial charge in [-0.25, -0.2) is 0 Å². The van der Waals surface area contributed by atoms with Gasteiger partial charge < -0.3 is 5.32 Å². The monoisotopic (exact) mass is 504 g/mol. The second-order valence-electron chi connectivity index (χ2n) is 8.33. The van der Waals surface area contributed by atoms with Gasteiger partial charge in [0, 0.05) is 33.4 Å². The van der Waals surface area contributed by atoms with Crippen molar-refractivity contribution in [3.05, 3.63) is 89.4 Å². The number of thioether (sulfide) groups is 1. The Morgan fingerprint density at radius 3 is 2.17 bits per heavy atom. The van der Waals surface area contributed by atoms with Crippen LogP contribution in [0, 0.1) is 5.92 Å². The summed E-state index contributed by atoms with van der Waals surface area (Å²) in [4.78, 5) is 25.1. The highest BCUT2D eigenvalue weighted by Crippen LogP contribution is 2.31. The number of carbonyl (C=O) groups excluding carboxylic acids is 2. The van der Waals surface area contributed by atoms with Crippen molar-refractivity contribution in [2.75, 3.05) is 5.32 Å². The first-order chi connectivity index (χ1) is 16.8. The third-order valence-corrected chi connectivity index (χ3v) is 6.66. The van der Waals surface area contributed by atoms with Gasteiger partial charge in [-0.1, -0.05) is 67.5 Å². The van der Waals surface area contributed by atoms with Gasteiger partial charge >= 0.3 is 0 Å². The van der Waals surface area contributed by atoms with E-state index in [1.807, 2.05) is 79.9 Å². The lowest BCUT2D eigenvalue weighted by atomic mass is 10.1. The lowest BCUT2D eigenvalue weighted by Gasteiger charge is -2.14. The summed E-state index contributed by atoms with van der Waals surface area (Å²) in [5, 5.41) is 12.5. The molecule has 4 rings (SSSR count). The Kier molecular flexibility index (Phi) is 7.68. The average Bonchev–Trinajstić information content (AvgIpc) is 3.28. The first-order valence-electron chi connectivity index (χ1n) is 11.2. The third kappa shape index (κ3) is 5.81. The van der Waals surface area contributed by atoms with Gasteiger partial charge in [0.1, 0.15) is 0 Å². The molecule has 0 aliphatic rings. The second-order valence-corrected chi connectivity index (χ2v) is 10.1. The van der Waals surface area contributed by atoms with E-state index in [9.17, 15) is 9.59 Å². The minimum absolute atomic E-state index is 0.0383. The van der Waals surface area contributed by atoms with Crippen molar-refractivity contribution in [3.63, 3.8) is 0 Å². The first kappa shape index (κ1) is 24.7. The molecule has 0 radical (unpaired) electrons. The molecule has 4 aromatic rings. The second kappa shape index (κ2) is 10.9. The van der Waals surface area contributed by atoms with E-state index in [2.05, 4.69) is 15.5 Å². The van der Waals surface area contributed by atoms with E-state index in [4.69, 9.17) is 11.6 Å². The van der Waals surface area contributed by atoms with Crippen LogP contribution in [0.2, 0.25) is 5.02 Å². The Hall–Kier alpha value is -3.42. The number of amides is 1. The van der Waals surface area contributed by atoms with Crippen molar-refractivity contribution in [1.82, 2.24) is 14.8 Å². The van der Waals surface area contributed by atoms with Crippen molar-refractivity contribution >= 4 is 40.7 Å². The van der Waals surface area contributed by atoms with Crippen LogP contribution in [0.15, 0.2) is 84.0 Å². The van der Waals surface area contributed by atoms with Crippen molar-refractivity contribution < 1.29 is 9.59 Å². The summed E-state index contributed by atoms with van der Waals surface area (Å²) in [6, 6.07) is 24.2. The summed E-state index contributed by atoms with van der Waals surface area (Å²) < 4.78 is 1.94. The maximum atomic E-state index is 13.2. The van der Waals surface area contributed by atoms with E-state index in [1.165, 1.54) is 11.8 Å².